The van der Waals surface area contributed by atoms with Crippen LogP contribution in [0.2, 0.25) is 0 Å². The molecule has 26 heavy (non-hydrogen) atoms. The highest BCUT2D eigenvalue weighted by molar-refractivity contribution is 5.94. The Morgan fingerprint density at radius 2 is 1.85 bits per heavy atom. The average Bonchev–Trinajstić information content (AvgIpc) is 3.07. The van der Waals surface area contributed by atoms with Crippen LogP contribution >= 0.6 is 0 Å². The minimum absolute atomic E-state index is 0.226. The molecule has 0 aromatic carbocycles. The molecule has 11 heteroatoms. The van der Waals surface area contributed by atoms with E-state index in [1.54, 1.807) is 0 Å². The van der Waals surface area contributed by atoms with E-state index in [0.29, 0.717) is 12.8 Å². The smallest absolute Gasteiger partial charge is 0.325 e. The van der Waals surface area contributed by atoms with Gasteiger partial charge >= 0.3 is 5.97 Å². The zero-order chi connectivity index (χ0) is 20.0. The molecular weight excluding hydrogens is 348 g/mol. The van der Waals surface area contributed by atoms with Gasteiger partial charge in [-0.3, -0.25) is 19.2 Å². The van der Waals surface area contributed by atoms with Crippen LogP contribution in [0.15, 0.2) is 0 Å². The molecule has 0 aliphatic carbocycles. The maximum atomic E-state index is 12.7. The van der Waals surface area contributed by atoms with Gasteiger partial charge in [0.05, 0.1) is 12.7 Å². The third-order valence-corrected chi connectivity index (χ3v) is 4.15. The first-order valence-electron chi connectivity index (χ1n) is 8.28. The molecule has 3 amide bonds. The number of nitrogens with zero attached hydrogens (tertiary/aromatic N) is 1. The molecule has 0 saturated carbocycles. The second kappa shape index (κ2) is 9.46. The Labute approximate surface area is 150 Å². The van der Waals surface area contributed by atoms with Crippen LogP contribution in [0.3, 0.4) is 0 Å². The predicted molar refractivity (Wildman–Crippen MR) is 88.6 cm³/mol. The first-order chi connectivity index (χ1) is 12.1. The van der Waals surface area contributed by atoms with Crippen LogP contribution in [0, 0.1) is 0 Å². The number of aliphatic hydroxyl groups excluding tert-OH is 2. The molecule has 0 spiro atoms. The van der Waals surface area contributed by atoms with Crippen LogP contribution in [0.1, 0.15) is 26.7 Å². The number of aliphatic hydroxyl groups is 2. The quantitative estimate of drug-likeness (QED) is 0.256. The summed E-state index contributed by atoms with van der Waals surface area (Å²) in [6.45, 7) is 2.19. The van der Waals surface area contributed by atoms with Crippen molar-refractivity contribution in [2.45, 2.75) is 57.0 Å². The van der Waals surface area contributed by atoms with Crippen LogP contribution in [-0.2, 0) is 19.2 Å². The summed E-state index contributed by atoms with van der Waals surface area (Å²) in [7, 11) is 0. The largest absolute Gasteiger partial charge is 0.480 e. The van der Waals surface area contributed by atoms with Crippen LogP contribution in [0.25, 0.3) is 0 Å². The standard InChI is InChI=1S/C15H26N4O7/c1-7(15(25)26)17-13(23)10-4-3-5-19(10)14(24)11(8(2)21)18-12(22)9(16)6-20/h7-11,20-21H,3-6,16H2,1-2H3,(H,17,23)(H,18,22)(H,25,26)/t7-,8+,9-,10-,11-/m0/s1. The summed E-state index contributed by atoms with van der Waals surface area (Å²) in [5.41, 5.74) is 5.39. The fourth-order valence-corrected chi connectivity index (χ4v) is 2.58. The summed E-state index contributed by atoms with van der Waals surface area (Å²) in [6, 6.07) is -4.60. The Morgan fingerprint density at radius 1 is 1.23 bits per heavy atom. The van der Waals surface area contributed by atoms with Crippen molar-refractivity contribution in [2.75, 3.05) is 13.2 Å². The topological polar surface area (TPSA) is 182 Å². The summed E-state index contributed by atoms with van der Waals surface area (Å²) in [5.74, 6) is -3.32. The molecule has 1 heterocycles. The summed E-state index contributed by atoms with van der Waals surface area (Å²) < 4.78 is 0. The van der Waals surface area contributed by atoms with Gasteiger partial charge in [-0.25, -0.2) is 0 Å². The first-order valence-corrected chi connectivity index (χ1v) is 8.28. The number of rotatable bonds is 8. The van der Waals surface area contributed by atoms with E-state index in [2.05, 4.69) is 10.6 Å². The third kappa shape index (κ3) is 5.38. The van der Waals surface area contributed by atoms with Gasteiger partial charge in [0.1, 0.15) is 24.2 Å². The van der Waals surface area contributed by atoms with Crippen LogP contribution in [-0.4, -0.2) is 87.3 Å². The SMILES string of the molecule is C[C@H](NC(=O)[C@@H]1CCCN1C(=O)[C@@H](NC(=O)[C@@H](N)CO)[C@@H](C)O)C(=O)O. The summed E-state index contributed by atoms with van der Waals surface area (Å²) >= 11 is 0. The Kier molecular flexibility index (Phi) is 7.93. The molecule has 0 aromatic heterocycles. The lowest BCUT2D eigenvalue weighted by molar-refractivity contribution is -0.145. The Bertz CT molecular complexity index is 554. The molecule has 1 fully saturated rings. The number of nitrogens with two attached hydrogens (primary N) is 1. The second-order valence-electron chi connectivity index (χ2n) is 6.27. The van der Waals surface area contributed by atoms with Gasteiger partial charge < -0.3 is 36.6 Å². The number of hydrogen-bond donors (Lipinski definition) is 6. The second-order valence-corrected chi connectivity index (χ2v) is 6.27. The lowest BCUT2D eigenvalue weighted by Gasteiger charge is -2.30. The van der Waals surface area contributed by atoms with Gasteiger partial charge in [-0.15, -0.1) is 0 Å². The van der Waals surface area contributed by atoms with Crippen LogP contribution in [0.5, 0.6) is 0 Å². The summed E-state index contributed by atoms with van der Waals surface area (Å²) in [6.07, 6.45) is -0.415. The van der Waals surface area contributed by atoms with Gasteiger partial charge in [0.15, 0.2) is 0 Å². The maximum Gasteiger partial charge on any atom is 0.325 e. The number of carbonyl (C=O) groups is 4. The summed E-state index contributed by atoms with van der Waals surface area (Å²) in [4.78, 5) is 48.9. The maximum absolute atomic E-state index is 12.7. The molecule has 1 aliphatic rings. The van der Waals surface area contributed by atoms with E-state index in [1.165, 1.54) is 18.7 Å². The monoisotopic (exact) mass is 374 g/mol. The molecule has 11 nitrogen and oxygen atoms in total. The molecular formula is C15H26N4O7. The molecule has 0 aromatic rings. The van der Waals surface area contributed by atoms with Crippen molar-refractivity contribution in [1.82, 2.24) is 15.5 Å². The number of carbonyl (C=O) groups excluding carboxylic acids is 3. The Balaban J connectivity index is 2.87. The minimum Gasteiger partial charge on any atom is -0.480 e. The van der Waals surface area contributed by atoms with Crippen LogP contribution < -0.4 is 16.4 Å². The Hall–Kier alpha value is -2.24. The number of hydrogen-bond acceptors (Lipinski definition) is 7. The van der Waals surface area contributed by atoms with E-state index < -0.39 is 60.6 Å². The lowest BCUT2D eigenvalue weighted by atomic mass is 10.1. The number of nitrogens with one attached hydrogen (secondary N) is 2. The van der Waals surface area contributed by atoms with Crippen molar-refractivity contribution in [3.05, 3.63) is 0 Å². The van der Waals surface area contributed by atoms with Crippen molar-refractivity contribution < 1.29 is 34.5 Å². The minimum atomic E-state index is -1.34. The van der Waals surface area contributed by atoms with Crippen molar-refractivity contribution >= 4 is 23.7 Å². The fourth-order valence-electron chi connectivity index (χ4n) is 2.58. The van der Waals surface area contributed by atoms with Gasteiger partial charge in [-0.05, 0) is 26.7 Å². The normalized spacial score (nSPS) is 21.4. The van der Waals surface area contributed by atoms with Crippen molar-refractivity contribution in [2.24, 2.45) is 5.73 Å². The third-order valence-electron chi connectivity index (χ3n) is 4.15. The number of aliphatic carboxylic acids is 1. The molecule has 148 valence electrons. The van der Waals surface area contributed by atoms with E-state index >= 15 is 0 Å². The fraction of sp³-hybridized carbons (Fsp3) is 0.733. The zero-order valence-electron chi connectivity index (χ0n) is 14.7. The molecule has 0 bridgehead atoms. The zero-order valence-corrected chi connectivity index (χ0v) is 14.7. The molecule has 1 rings (SSSR count). The molecule has 1 aliphatic heterocycles. The first kappa shape index (κ1) is 21.8. The van der Waals surface area contributed by atoms with E-state index in [-0.39, 0.29) is 6.54 Å². The predicted octanol–water partition coefficient (Wildman–Crippen LogP) is -3.25. The highest BCUT2D eigenvalue weighted by Gasteiger charge is 2.40. The van der Waals surface area contributed by atoms with E-state index in [1.807, 2.05) is 0 Å². The highest BCUT2D eigenvalue weighted by Crippen LogP contribution is 2.19. The van der Waals surface area contributed by atoms with Crippen LogP contribution in [0.4, 0.5) is 0 Å². The lowest BCUT2D eigenvalue weighted by Crippen LogP contribution is -2.59. The molecule has 0 radical (unpaired) electrons. The van der Waals surface area contributed by atoms with Gasteiger partial charge in [0, 0.05) is 6.54 Å². The highest BCUT2D eigenvalue weighted by atomic mass is 16.4. The van der Waals surface area contributed by atoms with Gasteiger partial charge in [-0.2, -0.15) is 0 Å². The van der Waals surface area contributed by atoms with E-state index in [0.717, 1.165) is 0 Å². The van der Waals surface area contributed by atoms with E-state index in [9.17, 15) is 24.3 Å². The molecule has 5 atom stereocenters. The number of carboxylic acids is 1. The van der Waals surface area contributed by atoms with Gasteiger partial charge in [0.2, 0.25) is 17.7 Å². The molecule has 0 unspecified atom stereocenters. The average molecular weight is 374 g/mol. The van der Waals surface area contributed by atoms with Gasteiger partial charge in [0.25, 0.3) is 0 Å². The Morgan fingerprint density at radius 3 is 2.35 bits per heavy atom. The molecule has 1 saturated heterocycles. The van der Waals surface area contributed by atoms with Crippen molar-refractivity contribution in [1.29, 1.82) is 0 Å². The van der Waals surface area contributed by atoms with Gasteiger partial charge in [-0.1, -0.05) is 0 Å². The summed E-state index contributed by atoms with van der Waals surface area (Å²) in [5, 5.41) is 32.2. The van der Waals surface area contributed by atoms with Crippen molar-refractivity contribution in [3.8, 4) is 0 Å². The number of likely N-dealkylation sites (tertiary alicyclic amines) is 1. The van der Waals surface area contributed by atoms with Crippen molar-refractivity contribution in [3.63, 3.8) is 0 Å². The number of carboxylic acid groups (broad SMARTS) is 1. The molecule has 7 N–H and O–H groups in total. The van der Waals surface area contributed by atoms with E-state index in [4.69, 9.17) is 15.9 Å². The number of amides is 3.